The van der Waals surface area contributed by atoms with Gasteiger partial charge in [-0.25, -0.2) is 4.39 Å². The molecule has 43 heavy (non-hydrogen) atoms. The van der Waals surface area contributed by atoms with Crippen LogP contribution in [0.1, 0.15) is 65.8 Å². The molecule has 13 heteroatoms. The third-order valence-corrected chi connectivity index (χ3v) is 8.44. The van der Waals surface area contributed by atoms with Crippen molar-refractivity contribution in [1.29, 1.82) is 0 Å². The lowest BCUT2D eigenvalue weighted by Gasteiger charge is -2.41. The highest BCUT2D eigenvalue weighted by atomic mass is 35.5. The second-order valence-corrected chi connectivity index (χ2v) is 11.5. The fraction of sp³-hybridized carbons (Fsp3) is 0.533. The number of hydrogen-bond acceptors (Lipinski definition) is 3. The number of halogens is 8. The lowest BCUT2D eigenvalue weighted by Crippen LogP contribution is -2.49. The Balaban J connectivity index is 0.00000506. The van der Waals surface area contributed by atoms with Crippen LogP contribution >= 0.6 is 12.4 Å². The van der Waals surface area contributed by atoms with Crippen molar-refractivity contribution in [3.63, 3.8) is 0 Å². The number of carbonyl (C=O) groups is 2. The van der Waals surface area contributed by atoms with Crippen molar-refractivity contribution in [3.05, 3.63) is 70.0 Å². The molecule has 0 unspecified atom stereocenters. The molecule has 1 heterocycles. The Morgan fingerprint density at radius 2 is 1.51 bits per heavy atom. The minimum absolute atomic E-state index is 0. The maximum atomic E-state index is 13.9. The van der Waals surface area contributed by atoms with Crippen molar-refractivity contribution in [2.24, 2.45) is 17.6 Å². The van der Waals surface area contributed by atoms with Crippen LogP contribution in [0, 0.1) is 24.6 Å². The lowest BCUT2D eigenvalue weighted by molar-refractivity contribution is -0.144. The number of benzene rings is 2. The largest absolute Gasteiger partial charge is 0.416 e. The third-order valence-electron chi connectivity index (χ3n) is 8.44. The maximum absolute atomic E-state index is 13.9. The molecule has 2 fully saturated rings. The van der Waals surface area contributed by atoms with Gasteiger partial charge in [-0.15, -0.1) is 12.4 Å². The van der Waals surface area contributed by atoms with E-state index in [4.69, 9.17) is 5.73 Å². The molecule has 2 amide bonds. The SMILES string of the molecule is Cc1cc(F)ccc1[C@@H]1CN(C(=O)[C@H]2CC[C@H](N)CC2)CC[C@H]1C(=O)N(C)Cc1cc(C(F)(F)F)cc(C(F)(F)F)c1.Cl. The summed E-state index contributed by atoms with van der Waals surface area (Å²) in [5, 5.41) is 0. The van der Waals surface area contributed by atoms with Gasteiger partial charge >= 0.3 is 12.4 Å². The summed E-state index contributed by atoms with van der Waals surface area (Å²) < 4.78 is 94.2. The summed E-state index contributed by atoms with van der Waals surface area (Å²) in [5.74, 6) is -2.44. The first-order chi connectivity index (χ1) is 19.5. The van der Waals surface area contributed by atoms with Gasteiger partial charge in [0.25, 0.3) is 0 Å². The summed E-state index contributed by atoms with van der Waals surface area (Å²) in [4.78, 5) is 30.0. The minimum Gasteiger partial charge on any atom is -0.342 e. The predicted molar refractivity (Wildman–Crippen MR) is 149 cm³/mol. The summed E-state index contributed by atoms with van der Waals surface area (Å²) in [6.45, 7) is 1.65. The van der Waals surface area contributed by atoms with Crippen LogP contribution in [-0.2, 0) is 28.5 Å². The fourth-order valence-electron chi connectivity index (χ4n) is 6.19. The zero-order valence-electron chi connectivity index (χ0n) is 23.8. The molecular formula is C30H35ClF7N3O2. The Hall–Kier alpha value is -2.86. The van der Waals surface area contributed by atoms with E-state index >= 15 is 0 Å². The number of amides is 2. The maximum Gasteiger partial charge on any atom is 0.416 e. The highest BCUT2D eigenvalue weighted by molar-refractivity contribution is 5.85. The van der Waals surface area contributed by atoms with Crippen LogP contribution in [-0.4, -0.2) is 47.8 Å². The summed E-state index contributed by atoms with van der Waals surface area (Å²) in [6.07, 6.45) is -6.97. The molecule has 2 aliphatic rings. The number of nitrogens with two attached hydrogens (primary N) is 1. The van der Waals surface area contributed by atoms with Crippen molar-refractivity contribution in [3.8, 4) is 0 Å². The first-order valence-electron chi connectivity index (χ1n) is 13.9. The average Bonchev–Trinajstić information content (AvgIpc) is 2.91. The van der Waals surface area contributed by atoms with Gasteiger partial charge in [0.1, 0.15) is 5.82 Å². The van der Waals surface area contributed by atoms with Crippen molar-refractivity contribution in [1.82, 2.24) is 9.80 Å². The third kappa shape index (κ3) is 8.20. The van der Waals surface area contributed by atoms with Gasteiger partial charge in [-0.1, -0.05) is 6.07 Å². The fourth-order valence-corrected chi connectivity index (χ4v) is 6.19. The molecule has 1 aliphatic heterocycles. The van der Waals surface area contributed by atoms with Crippen LogP contribution in [0.25, 0.3) is 0 Å². The van der Waals surface area contributed by atoms with Crippen molar-refractivity contribution >= 4 is 24.2 Å². The van der Waals surface area contributed by atoms with Gasteiger partial charge in [0.2, 0.25) is 11.8 Å². The first-order valence-corrected chi connectivity index (χ1v) is 13.9. The van der Waals surface area contributed by atoms with Crippen LogP contribution in [0.3, 0.4) is 0 Å². The molecule has 1 saturated carbocycles. The summed E-state index contributed by atoms with van der Waals surface area (Å²) in [6, 6.07) is 5.47. The number of nitrogens with zero attached hydrogens (tertiary/aromatic N) is 2. The molecule has 1 aliphatic carbocycles. The number of piperidine rings is 1. The standard InChI is InChI=1S/C30H34F7N3O2.ClH/c1-17-11-22(31)5-8-24(17)26-16-40(27(41)19-3-6-23(38)7-4-19)10-9-25(26)28(42)39(2)15-18-12-20(29(32,33)34)14-21(13-18)30(35,36)37;/h5,8,11-14,19,23,25-26H,3-4,6-7,9-10,15-16,38H2,1-2H3;1H/t19-,23-,25-,26+;/m1./s1. The predicted octanol–water partition coefficient (Wildman–Crippen LogP) is 6.70. The number of alkyl halides is 6. The molecule has 0 bridgehead atoms. The van der Waals surface area contributed by atoms with Crippen LogP contribution < -0.4 is 5.73 Å². The minimum atomic E-state index is -5.01. The second-order valence-electron chi connectivity index (χ2n) is 11.5. The molecule has 5 nitrogen and oxygen atoms in total. The zero-order chi connectivity index (χ0) is 31.0. The molecule has 0 radical (unpaired) electrons. The number of hydrogen-bond donors (Lipinski definition) is 1. The molecular weight excluding hydrogens is 603 g/mol. The molecule has 2 atom stereocenters. The van der Waals surface area contributed by atoms with E-state index in [9.17, 15) is 40.3 Å². The van der Waals surface area contributed by atoms with Gasteiger partial charge in [-0.05, 0) is 86.1 Å². The van der Waals surface area contributed by atoms with E-state index in [1.807, 2.05) is 0 Å². The smallest absolute Gasteiger partial charge is 0.342 e. The zero-order valence-corrected chi connectivity index (χ0v) is 24.6. The second kappa shape index (κ2) is 13.4. The summed E-state index contributed by atoms with van der Waals surface area (Å²) in [7, 11) is 1.33. The van der Waals surface area contributed by atoms with Crippen molar-refractivity contribution < 1.29 is 40.3 Å². The van der Waals surface area contributed by atoms with Gasteiger partial charge in [0.15, 0.2) is 0 Å². The van der Waals surface area contributed by atoms with E-state index in [0.717, 1.165) is 17.7 Å². The van der Waals surface area contributed by atoms with Gasteiger partial charge in [0, 0.05) is 50.5 Å². The molecule has 2 N–H and O–H groups in total. The van der Waals surface area contributed by atoms with Crippen LogP contribution in [0.2, 0.25) is 0 Å². The highest BCUT2D eigenvalue weighted by Crippen LogP contribution is 2.39. The molecule has 0 aromatic heterocycles. The summed E-state index contributed by atoms with van der Waals surface area (Å²) >= 11 is 0. The molecule has 2 aromatic rings. The van der Waals surface area contributed by atoms with E-state index in [1.165, 1.54) is 19.2 Å². The Morgan fingerprint density at radius 3 is 2.05 bits per heavy atom. The van der Waals surface area contributed by atoms with Crippen molar-refractivity contribution in [2.75, 3.05) is 20.1 Å². The Bertz CT molecular complexity index is 1280. The van der Waals surface area contributed by atoms with Gasteiger partial charge < -0.3 is 15.5 Å². The van der Waals surface area contributed by atoms with Gasteiger partial charge in [-0.3, -0.25) is 9.59 Å². The summed E-state index contributed by atoms with van der Waals surface area (Å²) in [5.41, 5.74) is 4.00. The highest BCUT2D eigenvalue weighted by Gasteiger charge is 2.41. The van der Waals surface area contributed by atoms with Crippen LogP contribution in [0.5, 0.6) is 0 Å². The number of rotatable bonds is 5. The van der Waals surface area contributed by atoms with Crippen molar-refractivity contribution in [2.45, 2.75) is 69.9 Å². The van der Waals surface area contributed by atoms with Crippen LogP contribution in [0.4, 0.5) is 30.7 Å². The molecule has 0 spiro atoms. The number of likely N-dealkylation sites (tertiary alicyclic amines) is 1. The topological polar surface area (TPSA) is 66.6 Å². The van der Waals surface area contributed by atoms with E-state index < -0.39 is 53.6 Å². The Labute approximate surface area is 252 Å². The van der Waals surface area contributed by atoms with E-state index in [0.29, 0.717) is 36.1 Å². The molecule has 2 aromatic carbocycles. The van der Waals surface area contributed by atoms with Crippen LogP contribution in [0.15, 0.2) is 36.4 Å². The monoisotopic (exact) mass is 637 g/mol. The Morgan fingerprint density at radius 1 is 0.930 bits per heavy atom. The molecule has 4 rings (SSSR count). The number of carbonyl (C=O) groups excluding carboxylic acids is 2. The van der Waals surface area contributed by atoms with Gasteiger partial charge in [0.05, 0.1) is 11.1 Å². The van der Waals surface area contributed by atoms with Gasteiger partial charge in [-0.2, -0.15) is 26.3 Å². The van der Waals surface area contributed by atoms with E-state index in [2.05, 4.69) is 0 Å². The Kier molecular flexibility index (Phi) is 10.8. The van der Waals surface area contributed by atoms with E-state index in [-0.39, 0.29) is 61.4 Å². The normalized spacial score (nSPS) is 23.0. The number of aryl methyl sites for hydroxylation is 1. The lowest BCUT2D eigenvalue weighted by atomic mass is 9.77. The average molecular weight is 638 g/mol. The van der Waals surface area contributed by atoms with E-state index in [1.54, 1.807) is 17.9 Å². The molecule has 238 valence electrons. The quantitative estimate of drug-likeness (QED) is 0.371. The molecule has 1 saturated heterocycles. The first kappa shape index (κ1) is 34.6.